The van der Waals surface area contributed by atoms with Gasteiger partial charge in [0.15, 0.2) is 17.5 Å². The highest BCUT2D eigenvalue weighted by Crippen LogP contribution is 2.54. The zero-order valence-corrected chi connectivity index (χ0v) is 36.0. The summed E-state index contributed by atoms with van der Waals surface area (Å²) in [6, 6.07) is 76.8. The van der Waals surface area contributed by atoms with Crippen LogP contribution in [-0.4, -0.2) is 15.0 Å². The van der Waals surface area contributed by atoms with Crippen LogP contribution < -0.4 is 4.90 Å². The predicted molar refractivity (Wildman–Crippen MR) is 267 cm³/mol. The predicted octanol–water partition coefficient (Wildman–Crippen LogP) is 15.9. The van der Waals surface area contributed by atoms with Crippen molar-refractivity contribution in [2.45, 2.75) is 19.3 Å². The van der Waals surface area contributed by atoms with Crippen LogP contribution in [0.3, 0.4) is 0 Å². The van der Waals surface area contributed by atoms with Crippen molar-refractivity contribution in [1.29, 1.82) is 0 Å². The summed E-state index contributed by atoms with van der Waals surface area (Å²) >= 11 is 0. The lowest BCUT2D eigenvalue weighted by molar-refractivity contribution is 0.661. The molecule has 0 saturated heterocycles. The Labute approximate surface area is 378 Å². The quantitative estimate of drug-likeness (QED) is 0.153. The van der Waals surface area contributed by atoms with E-state index in [0.717, 1.165) is 61.1 Å². The molecule has 0 radical (unpaired) electrons. The van der Waals surface area contributed by atoms with Crippen molar-refractivity contribution in [2.75, 3.05) is 4.90 Å². The van der Waals surface area contributed by atoms with Gasteiger partial charge in [0.2, 0.25) is 0 Å². The molecule has 0 N–H and O–H groups in total. The van der Waals surface area contributed by atoms with Gasteiger partial charge in [-0.3, -0.25) is 0 Å². The van der Waals surface area contributed by atoms with Crippen molar-refractivity contribution in [2.24, 2.45) is 0 Å². The molecule has 308 valence electrons. The highest BCUT2D eigenvalue weighted by atomic mass is 16.3. The van der Waals surface area contributed by atoms with Gasteiger partial charge in [-0.1, -0.05) is 184 Å². The molecule has 0 aliphatic heterocycles. The third-order valence-corrected chi connectivity index (χ3v) is 12.9. The normalized spacial score (nSPS) is 12.6. The minimum Gasteiger partial charge on any atom is -0.456 e. The first-order chi connectivity index (χ1) is 32.0. The molecule has 0 atom stereocenters. The average Bonchev–Trinajstić information content (AvgIpc) is 3.87. The number of anilines is 3. The van der Waals surface area contributed by atoms with Crippen LogP contribution in [0.25, 0.3) is 89.5 Å². The molecule has 0 unspecified atom stereocenters. The zero-order valence-electron chi connectivity index (χ0n) is 36.0. The summed E-state index contributed by atoms with van der Waals surface area (Å²) < 4.78 is 6.52. The fourth-order valence-electron chi connectivity index (χ4n) is 9.79. The molecule has 9 aromatic carbocycles. The van der Waals surface area contributed by atoms with Crippen LogP contribution in [-0.2, 0) is 5.41 Å². The highest BCUT2D eigenvalue weighted by Gasteiger charge is 2.38. The van der Waals surface area contributed by atoms with E-state index in [-0.39, 0.29) is 5.41 Å². The number of fused-ring (bicyclic) bond motifs is 6. The first-order valence-corrected chi connectivity index (χ1v) is 22.1. The smallest absolute Gasteiger partial charge is 0.164 e. The topological polar surface area (TPSA) is 55.1 Å². The lowest BCUT2D eigenvalue weighted by Crippen LogP contribution is -2.20. The molecule has 0 fully saturated rings. The van der Waals surface area contributed by atoms with E-state index in [1.54, 1.807) is 0 Å². The average molecular weight is 835 g/mol. The van der Waals surface area contributed by atoms with Crippen molar-refractivity contribution < 1.29 is 4.42 Å². The Balaban J connectivity index is 0.968. The Bertz CT molecular complexity index is 3490. The summed E-state index contributed by atoms with van der Waals surface area (Å²) in [5, 5.41) is 1.97. The second-order valence-electron chi connectivity index (χ2n) is 17.2. The standard InChI is InChI=1S/C60H42N4O/c1-60(2)51-25-13-12-22-47(51)48-23-14-26-52(56(48)60)64(45-33-28-40(29-34-45)39-16-6-3-7-17-39)46-35-30-41(31-36-46)44-32-37-53-50(38-44)55-49(24-15-27-54(55)65-53)59-62-57(42-18-8-4-9-19-42)61-58(63-59)43-20-10-5-11-21-43/h3-38H,1-2H3. The second-order valence-corrected chi connectivity index (χ2v) is 17.2. The lowest BCUT2D eigenvalue weighted by Gasteiger charge is -2.32. The van der Waals surface area contributed by atoms with E-state index < -0.39 is 0 Å². The third kappa shape index (κ3) is 6.59. The van der Waals surface area contributed by atoms with Gasteiger partial charge >= 0.3 is 0 Å². The largest absolute Gasteiger partial charge is 0.456 e. The van der Waals surface area contributed by atoms with Crippen molar-refractivity contribution >= 4 is 39.0 Å². The maximum Gasteiger partial charge on any atom is 0.164 e. The molecule has 0 spiro atoms. The SMILES string of the molecule is CC1(C)c2ccccc2-c2cccc(N(c3ccc(-c4ccccc4)cc3)c3ccc(-c4ccc5oc6cccc(-c7nc(-c8ccccc8)nc(-c8ccccc8)n7)c6c5c4)cc3)c21. The van der Waals surface area contributed by atoms with Gasteiger partial charge in [0.05, 0.1) is 5.69 Å². The van der Waals surface area contributed by atoms with Crippen molar-refractivity contribution in [3.05, 3.63) is 230 Å². The van der Waals surface area contributed by atoms with Crippen molar-refractivity contribution in [3.63, 3.8) is 0 Å². The van der Waals surface area contributed by atoms with Gasteiger partial charge in [-0.25, -0.2) is 15.0 Å². The summed E-state index contributed by atoms with van der Waals surface area (Å²) in [5.41, 5.74) is 17.3. The van der Waals surface area contributed by atoms with Crippen molar-refractivity contribution in [3.8, 4) is 67.5 Å². The first-order valence-electron chi connectivity index (χ1n) is 22.1. The van der Waals surface area contributed by atoms with Gasteiger partial charge in [0, 0.05) is 44.3 Å². The lowest BCUT2D eigenvalue weighted by atomic mass is 9.81. The molecule has 2 heterocycles. The number of furan rings is 1. The summed E-state index contributed by atoms with van der Waals surface area (Å²) in [6.07, 6.45) is 0. The minimum atomic E-state index is -0.195. The van der Waals surface area contributed by atoms with Gasteiger partial charge in [0.25, 0.3) is 0 Å². The van der Waals surface area contributed by atoms with Gasteiger partial charge in [-0.2, -0.15) is 0 Å². The zero-order chi connectivity index (χ0) is 43.5. The van der Waals surface area contributed by atoms with Gasteiger partial charge in [0.1, 0.15) is 11.2 Å². The molecule has 65 heavy (non-hydrogen) atoms. The van der Waals surface area contributed by atoms with Crippen molar-refractivity contribution in [1.82, 2.24) is 15.0 Å². The monoisotopic (exact) mass is 834 g/mol. The van der Waals surface area contributed by atoms with Crippen LogP contribution in [0.5, 0.6) is 0 Å². The van der Waals surface area contributed by atoms with Gasteiger partial charge in [-0.15, -0.1) is 0 Å². The Morgan fingerprint density at radius 2 is 0.877 bits per heavy atom. The number of hydrogen-bond acceptors (Lipinski definition) is 5. The highest BCUT2D eigenvalue weighted by molar-refractivity contribution is 6.13. The summed E-state index contributed by atoms with van der Waals surface area (Å²) in [4.78, 5) is 17.5. The summed E-state index contributed by atoms with van der Waals surface area (Å²) in [6.45, 7) is 4.71. The molecule has 5 nitrogen and oxygen atoms in total. The van der Waals surface area contributed by atoms with Crippen LogP contribution in [0.2, 0.25) is 0 Å². The Morgan fingerprint density at radius 1 is 0.385 bits per heavy atom. The maximum atomic E-state index is 6.52. The number of hydrogen-bond donors (Lipinski definition) is 0. The second kappa shape index (κ2) is 15.4. The molecular formula is C60H42N4O. The molecule has 0 amide bonds. The Kier molecular flexibility index (Phi) is 9.09. The Hall–Kier alpha value is -8.41. The molecular weight excluding hydrogens is 793 g/mol. The van der Waals surface area contributed by atoms with E-state index in [4.69, 9.17) is 19.4 Å². The van der Waals surface area contributed by atoms with E-state index in [0.29, 0.717) is 17.5 Å². The molecule has 11 aromatic rings. The van der Waals surface area contributed by atoms with E-state index in [9.17, 15) is 0 Å². The minimum absolute atomic E-state index is 0.195. The number of rotatable bonds is 8. The molecule has 5 heteroatoms. The maximum absolute atomic E-state index is 6.52. The van der Waals surface area contributed by atoms with E-state index in [2.05, 4.69) is 164 Å². The first kappa shape index (κ1) is 38.3. The molecule has 2 aromatic heterocycles. The van der Waals surface area contributed by atoms with Crippen LogP contribution >= 0.6 is 0 Å². The van der Waals surface area contributed by atoms with Gasteiger partial charge < -0.3 is 9.32 Å². The van der Waals surface area contributed by atoms with E-state index >= 15 is 0 Å². The third-order valence-electron chi connectivity index (χ3n) is 12.9. The van der Waals surface area contributed by atoms with Crippen LogP contribution in [0, 0.1) is 0 Å². The fraction of sp³-hybridized carbons (Fsp3) is 0.0500. The summed E-state index contributed by atoms with van der Waals surface area (Å²) in [5.74, 6) is 1.83. The number of nitrogens with zero attached hydrogens (tertiary/aromatic N) is 4. The van der Waals surface area contributed by atoms with Crippen LogP contribution in [0.4, 0.5) is 17.1 Å². The molecule has 1 aliphatic carbocycles. The van der Waals surface area contributed by atoms with E-state index in [1.165, 1.54) is 39.1 Å². The number of benzene rings is 9. The van der Waals surface area contributed by atoms with E-state index in [1.807, 2.05) is 72.8 Å². The number of aromatic nitrogens is 3. The van der Waals surface area contributed by atoms with Gasteiger partial charge in [-0.05, 0) is 93.0 Å². The van der Waals surface area contributed by atoms with Crippen LogP contribution in [0.1, 0.15) is 25.0 Å². The molecule has 1 aliphatic rings. The molecule has 0 saturated carbocycles. The summed E-state index contributed by atoms with van der Waals surface area (Å²) in [7, 11) is 0. The Morgan fingerprint density at radius 3 is 1.52 bits per heavy atom. The fourth-order valence-corrected chi connectivity index (χ4v) is 9.79. The van der Waals surface area contributed by atoms with Crippen LogP contribution in [0.15, 0.2) is 223 Å². The molecule has 12 rings (SSSR count). The molecule has 0 bridgehead atoms.